The van der Waals surface area contributed by atoms with Crippen molar-refractivity contribution in [2.24, 2.45) is 0 Å². The third-order valence-corrected chi connectivity index (χ3v) is 4.01. The molecule has 0 bridgehead atoms. The number of ether oxygens (including phenoxy) is 2. The molecular weight excluding hydrogens is 320 g/mol. The lowest BCUT2D eigenvalue weighted by molar-refractivity contribution is 0.240. The fraction of sp³-hybridized carbons (Fsp3) is 0.471. The predicted octanol–water partition coefficient (Wildman–Crippen LogP) is 1.73. The summed E-state index contributed by atoms with van der Waals surface area (Å²) in [7, 11) is 9.03. The van der Waals surface area contributed by atoms with Crippen LogP contribution in [0.15, 0.2) is 18.2 Å². The van der Waals surface area contributed by atoms with Crippen LogP contribution in [0.2, 0.25) is 0 Å². The van der Waals surface area contributed by atoms with E-state index in [1.807, 2.05) is 46.3 Å². The molecule has 0 aliphatic heterocycles. The molecule has 0 aliphatic carbocycles. The van der Waals surface area contributed by atoms with Gasteiger partial charge < -0.3 is 20.1 Å². The molecule has 1 aromatic heterocycles. The maximum atomic E-state index is 5.82. The van der Waals surface area contributed by atoms with Gasteiger partial charge in [-0.25, -0.2) is 0 Å². The number of hydrogen-bond acceptors (Lipinski definition) is 8. The van der Waals surface area contributed by atoms with Crippen molar-refractivity contribution in [1.29, 1.82) is 0 Å². The SMILES string of the molecule is COc1ccc(CN(C)C(C)c2nc(N)nc(N(C)C)n2)c(OC)c1. The van der Waals surface area contributed by atoms with Crippen LogP contribution in [0, 0.1) is 0 Å². The topological polar surface area (TPSA) is 89.6 Å². The lowest BCUT2D eigenvalue weighted by Gasteiger charge is -2.25. The van der Waals surface area contributed by atoms with E-state index < -0.39 is 0 Å². The first-order chi connectivity index (χ1) is 11.8. The summed E-state index contributed by atoms with van der Waals surface area (Å²) in [5, 5.41) is 0. The lowest BCUT2D eigenvalue weighted by atomic mass is 10.1. The van der Waals surface area contributed by atoms with Crippen molar-refractivity contribution in [3.05, 3.63) is 29.6 Å². The molecule has 0 fully saturated rings. The van der Waals surface area contributed by atoms with Crippen molar-refractivity contribution in [3.63, 3.8) is 0 Å². The molecule has 0 saturated heterocycles. The fourth-order valence-corrected chi connectivity index (χ4v) is 2.37. The molecule has 0 spiro atoms. The average molecular weight is 346 g/mol. The van der Waals surface area contributed by atoms with Crippen molar-refractivity contribution in [2.75, 3.05) is 46.0 Å². The molecule has 2 N–H and O–H groups in total. The zero-order valence-corrected chi connectivity index (χ0v) is 15.6. The first-order valence-corrected chi connectivity index (χ1v) is 7.95. The van der Waals surface area contributed by atoms with Crippen LogP contribution in [0.4, 0.5) is 11.9 Å². The minimum Gasteiger partial charge on any atom is -0.497 e. The molecule has 0 radical (unpaired) electrons. The fourth-order valence-electron chi connectivity index (χ4n) is 2.37. The van der Waals surface area contributed by atoms with Gasteiger partial charge in [0.15, 0.2) is 5.82 Å². The van der Waals surface area contributed by atoms with Crippen LogP contribution in [0.1, 0.15) is 24.4 Å². The summed E-state index contributed by atoms with van der Waals surface area (Å²) in [4.78, 5) is 16.8. The minimum absolute atomic E-state index is 0.0455. The van der Waals surface area contributed by atoms with Crippen LogP contribution >= 0.6 is 0 Å². The lowest BCUT2D eigenvalue weighted by Crippen LogP contribution is -2.25. The van der Waals surface area contributed by atoms with Crippen LogP contribution in [0.3, 0.4) is 0 Å². The average Bonchev–Trinajstić information content (AvgIpc) is 2.60. The first kappa shape index (κ1) is 18.7. The molecule has 1 unspecified atom stereocenters. The monoisotopic (exact) mass is 346 g/mol. The van der Waals surface area contributed by atoms with Crippen molar-refractivity contribution in [1.82, 2.24) is 19.9 Å². The second kappa shape index (κ2) is 7.98. The number of nitrogens with zero attached hydrogens (tertiary/aromatic N) is 5. The van der Waals surface area contributed by atoms with Crippen LogP contribution in [0.5, 0.6) is 11.5 Å². The van der Waals surface area contributed by atoms with Gasteiger partial charge in [-0.05, 0) is 20.0 Å². The normalized spacial score (nSPS) is 12.1. The second-order valence-corrected chi connectivity index (χ2v) is 6.02. The molecule has 1 heterocycles. The van der Waals surface area contributed by atoms with Crippen LogP contribution < -0.4 is 20.1 Å². The maximum absolute atomic E-state index is 5.82. The van der Waals surface area contributed by atoms with Gasteiger partial charge in [-0.1, -0.05) is 6.07 Å². The summed E-state index contributed by atoms with van der Waals surface area (Å²) in [5.41, 5.74) is 6.87. The van der Waals surface area contributed by atoms with Crippen molar-refractivity contribution < 1.29 is 9.47 Å². The highest BCUT2D eigenvalue weighted by Gasteiger charge is 2.19. The highest BCUT2D eigenvalue weighted by Crippen LogP contribution is 2.27. The Kier molecular flexibility index (Phi) is 5.97. The van der Waals surface area contributed by atoms with E-state index >= 15 is 0 Å². The number of nitrogen functional groups attached to an aromatic ring is 1. The number of methoxy groups -OCH3 is 2. The molecule has 1 atom stereocenters. The Balaban J connectivity index is 2.22. The van der Waals surface area contributed by atoms with Crippen LogP contribution in [-0.4, -0.2) is 55.2 Å². The number of nitrogens with two attached hydrogens (primary N) is 1. The highest BCUT2D eigenvalue weighted by molar-refractivity contribution is 5.40. The molecule has 2 aromatic rings. The maximum Gasteiger partial charge on any atom is 0.229 e. The van der Waals surface area contributed by atoms with Gasteiger partial charge in [-0.2, -0.15) is 15.0 Å². The number of anilines is 2. The molecule has 0 aliphatic rings. The van der Waals surface area contributed by atoms with Gasteiger partial charge in [0, 0.05) is 32.3 Å². The number of benzene rings is 1. The first-order valence-electron chi connectivity index (χ1n) is 7.95. The summed E-state index contributed by atoms with van der Waals surface area (Å²) in [6, 6.07) is 5.74. The highest BCUT2D eigenvalue weighted by atomic mass is 16.5. The molecule has 25 heavy (non-hydrogen) atoms. The van der Waals surface area contributed by atoms with Gasteiger partial charge in [0.25, 0.3) is 0 Å². The summed E-state index contributed by atoms with van der Waals surface area (Å²) >= 11 is 0. The Morgan fingerprint density at radius 3 is 2.40 bits per heavy atom. The zero-order chi connectivity index (χ0) is 18.6. The molecule has 0 amide bonds. The van der Waals surface area contributed by atoms with E-state index in [9.17, 15) is 0 Å². The van der Waals surface area contributed by atoms with E-state index in [1.54, 1.807) is 19.1 Å². The Morgan fingerprint density at radius 2 is 1.80 bits per heavy atom. The molecular formula is C17H26N6O2. The smallest absolute Gasteiger partial charge is 0.229 e. The number of aromatic nitrogens is 3. The van der Waals surface area contributed by atoms with Crippen molar-refractivity contribution in [3.8, 4) is 11.5 Å². The van der Waals surface area contributed by atoms with Gasteiger partial charge in [-0.15, -0.1) is 0 Å². The Labute approximate surface area is 148 Å². The molecule has 8 heteroatoms. The van der Waals surface area contributed by atoms with E-state index in [4.69, 9.17) is 15.2 Å². The Hall–Kier alpha value is -2.61. The number of rotatable bonds is 7. The van der Waals surface area contributed by atoms with Gasteiger partial charge >= 0.3 is 0 Å². The van der Waals surface area contributed by atoms with Gasteiger partial charge in [0.05, 0.1) is 20.3 Å². The Morgan fingerprint density at radius 1 is 1.08 bits per heavy atom. The summed E-state index contributed by atoms with van der Waals surface area (Å²) in [6.07, 6.45) is 0. The van der Waals surface area contributed by atoms with E-state index in [0.29, 0.717) is 18.3 Å². The number of hydrogen-bond donors (Lipinski definition) is 1. The van der Waals surface area contributed by atoms with Gasteiger partial charge in [0.1, 0.15) is 11.5 Å². The summed E-state index contributed by atoms with van der Waals surface area (Å²) in [6.45, 7) is 2.70. The zero-order valence-electron chi connectivity index (χ0n) is 15.6. The van der Waals surface area contributed by atoms with E-state index in [1.165, 1.54) is 0 Å². The van der Waals surface area contributed by atoms with Gasteiger partial charge in [0.2, 0.25) is 11.9 Å². The molecule has 8 nitrogen and oxygen atoms in total. The molecule has 136 valence electrons. The van der Waals surface area contributed by atoms with E-state index in [2.05, 4.69) is 19.9 Å². The van der Waals surface area contributed by atoms with Crippen molar-refractivity contribution >= 4 is 11.9 Å². The summed E-state index contributed by atoms with van der Waals surface area (Å²) < 4.78 is 10.7. The van der Waals surface area contributed by atoms with Crippen LogP contribution in [0.25, 0.3) is 0 Å². The Bertz CT molecular complexity index is 722. The van der Waals surface area contributed by atoms with E-state index in [-0.39, 0.29) is 12.0 Å². The van der Waals surface area contributed by atoms with Crippen LogP contribution in [-0.2, 0) is 6.54 Å². The third kappa shape index (κ3) is 4.48. The molecule has 0 saturated carbocycles. The molecule has 2 rings (SSSR count). The minimum atomic E-state index is -0.0455. The second-order valence-electron chi connectivity index (χ2n) is 6.02. The molecule has 1 aromatic carbocycles. The van der Waals surface area contributed by atoms with Crippen molar-refractivity contribution in [2.45, 2.75) is 19.5 Å². The van der Waals surface area contributed by atoms with E-state index in [0.717, 1.165) is 17.1 Å². The quantitative estimate of drug-likeness (QED) is 0.811. The standard InChI is InChI=1S/C17H26N6O2/c1-11(15-19-16(18)21-17(20-15)22(2)3)23(4)10-12-7-8-13(24-5)9-14(12)25-6/h7-9,11H,10H2,1-6H3,(H2,18,19,20,21). The summed E-state index contributed by atoms with van der Waals surface area (Å²) in [5.74, 6) is 2.94. The predicted molar refractivity (Wildman–Crippen MR) is 98.0 cm³/mol. The largest absolute Gasteiger partial charge is 0.497 e. The van der Waals surface area contributed by atoms with Gasteiger partial charge in [-0.3, -0.25) is 4.90 Å². The third-order valence-electron chi connectivity index (χ3n) is 4.01.